The average molecular weight is 386 g/mol. The molecule has 0 aliphatic carbocycles. The molecule has 5 heteroatoms. The van der Waals surface area contributed by atoms with Crippen LogP contribution in [0, 0.1) is 0 Å². The summed E-state index contributed by atoms with van der Waals surface area (Å²) in [7, 11) is 0. The van der Waals surface area contributed by atoms with E-state index in [2.05, 4.69) is 5.32 Å². The minimum Gasteiger partial charge on any atom is -0.457 e. The van der Waals surface area contributed by atoms with Gasteiger partial charge in [0.25, 0.3) is 5.91 Å². The summed E-state index contributed by atoms with van der Waals surface area (Å²) in [6, 6.07) is 21.4. The number of benzene rings is 3. The van der Waals surface area contributed by atoms with Gasteiger partial charge in [0.15, 0.2) is 0 Å². The maximum absolute atomic E-state index is 12.6. The van der Waals surface area contributed by atoms with Gasteiger partial charge in [0.05, 0.1) is 6.04 Å². The first-order chi connectivity index (χ1) is 12.5. The first-order valence-electron chi connectivity index (χ1n) is 8.12. The van der Waals surface area contributed by atoms with Crippen molar-refractivity contribution in [2.24, 2.45) is 0 Å². The van der Waals surface area contributed by atoms with Crippen molar-refractivity contribution >= 4 is 29.1 Å². The van der Waals surface area contributed by atoms with Crippen LogP contribution in [0.3, 0.4) is 0 Å². The SMILES string of the molecule is C[C@H](NC(=O)c1cccc(Oc2ccccc2)c1)c1ccc(Cl)cc1Cl. The number of carbonyl (C=O) groups is 1. The lowest BCUT2D eigenvalue weighted by Crippen LogP contribution is -2.26. The van der Waals surface area contributed by atoms with Gasteiger partial charge in [0, 0.05) is 15.6 Å². The topological polar surface area (TPSA) is 38.3 Å². The third-order valence-corrected chi connectivity index (χ3v) is 4.41. The zero-order chi connectivity index (χ0) is 18.5. The molecule has 3 aromatic rings. The predicted octanol–water partition coefficient (Wildman–Crippen LogP) is 6.28. The number of ether oxygens (including phenoxy) is 1. The van der Waals surface area contributed by atoms with Crippen LogP contribution in [-0.4, -0.2) is 5.91 Å². The van der Waals surface area contributed by atoms with Crippen molar-refractivity contribution in [2.45, 2.75) is 13.0 Å². The Morgan fingerprint density at radius 3 is 2.38 bits per heavy atom. The molecular weight excluding hydrogens is 369 g/mol. The van der Waals surface area contributed by atoms with Crippen LogP contribution in [0.5, 0.6) is 11.5 Å². The van der Waals surface area contributed by atoms with E-state index in [1.807, 2.05) is 49.4 Å². The van der Waals surface area contributed by atoms with Crippen LogP contribution in [0.25, 0.3) is 0 Å². The molecule has 3 nitrogen and oxygen atoms in total. The number of hydrogen-bond donors (Lipinski definition) is 1. The van der Waals surface area contributed by atoms with Crippen LogP contribution in [-0.2, 0) is 0 Å². The van der Waals surface area contributed by atoms with Crippen LogP contribution < -0.4 is 10.1 Å². The van der Waals surface area contributed by atoms with E-state index in [0.717, 1.165) is 5.56 Å². The van der Waals surface area contributed by atoms with Gasteiger partial charge in [-0.3, -0.25) is 4.79 Å². The number of halogens is 2. The van der Waals surface area contributed by atoms with Gasteiger partial charge in [-0.05, 0) is 55.0 Å². The Labute approximate surface area is 162 Å². The van der Waals surface area contributed by atoms with Crippen molar-refractivity contribution in [2.75, 3.05) is 0 Å². The van der Waals surface area contributed by atoms with E-state index in [-0.39, 0.29) is 11.9 Å². The molecular formula is C21H17Cl2NO2. The summed E-state index contributed by atoms with van der Waals surface area (Å²) in [6.07, 6.45) is 0. The smallest absolute Gasteiger partial charge is 0.251 e. The summed E-state index contributed by atoms with van der Waals surface area (Å²) in [5, 5.41) is 4.02. The molecule has 0 saturated heterocycles. The second-order valence-corrected chi connectivity index (χ2v) is 6.65. The van der Waals surface area contributed by atoms with Gasteiger partial charge in [-0.1, -0.05) is 53.5 Å². The molecule has 0 fully saturated rings. The fraction of sp³-hybridized carbons (Fsp3) is 0.0952. The van der Waals surface area contributed by atoms with Gasteiger partial charge in [-0.2, -0.15) is 0 Å². The van der Waals surface area contributed by atoms with Crippen LogP contribution >= 0.6 is 23.2 Å². The van der Waals surface area contributed by atoms with Gasteiger partial charge in [-0.25, -0.2) is 0 Å². The van der Waals surface area contributed by atoms with E-state index in [1.54, 1.807) is 30.3 Å². The van der Waals surface area contributed by atoms with Crippen molar-refractivity contribution in [1.82, 2.24) is 5.32 Å². The molecule has 132 valence electrons. The third-order valence-electron chi connectivity index (χ3n) is 3.85. The van der Waals surface area contributed by atoms with Crippen molar-refractivity contribution in [3.05, 3.63) is 94.0 Å². The molecule has 0 heterocycles. The van der Waals surface area contributed by atoms with Crippen LogP contribution in [0.1, 0.15) is 28.9 Å². The Morgan fingerprint density at radius 2 is 1.65 bits per heavy atom. The molecule has 0 aromatic heterocycles. The van der Waals surface area contributed by atoms with Gasteiger partial charge < -0.3 is 10.1 Å². The van der Waals surface area contributed by atoms with Crippen molar-refractivity contribution in [3.63, 3.8) is 0 Å². The van der Waals surface area contributed by atoms with E-state index < -0.39 is 0 Å². The number of para-hydroxylation sites is 1. The normalized spacial score (nSPS) is 11.7. The summed E-state index contributed by atoms with van der Waals surface area (Å²) in [6.45, 7) is 1.87. The highest BCUT2D eigenvalue weighted by Gasteiger charge is 2.15. The van der Waals surface area contributed by atoms with Crippen molar-refractivity contribution in [3.8, 4) is 11.5 Å². The van der Waals surface area contributed by atoms with Gasteiger partial charge in [-0.15, -0.1) is 0 Å². The highest BCUT2D eigenvalue weighted by atomic mass is 35.5. The van der Waals surface area contributed by atoms with Crippen LogP contribution in [0.15, 0.2) is 72.8 Å². The minimum atomic E-state index is -0.258. The standard InChI is InChI=1S/C21H17Cl2NO2/c1-14(19-11-10-16(22)13-20(19)23)24-21(25)15-6-5-9-18(12-15)26-17-7-3-2-4-8-17/h2-14H,1H3,(H,24,25)/t14-/m0/s1. The molecule has 1 amide bonds. The van der Waals surface area contributed by atoms with Gasteiger partial charge in [0.1, 0.15) is 11.5 Å². The Bertz CT molecular complexity index is 913. The Balaban J connectivity index is 1.72. The van der Waals surface area contributed by atoms with E-state index in [9.17, 15) is 4.79 Å². The van der Waals surface area contributed by atoms with E-state index in [0.29, 0.717) is 27.1 Å². The Morgan fingerprint density at radius 1 is 0.923 bits per heavy atom. The average Bonchev–Trinajstić information content (AvgIpc) is 2.62. The zero-order valence-electron chi connectivity index (χ0n) is 14.1. The highest BCUT2D eigenvalue weighted by Crippen LogP contribution is 2.27. The molecule has 26 heavy (non-hydrogen) atoms. The van der Waals surface area contributed by atoms with Crippen molar-refractivity contribution in [1.29, 1.82) is 0 Å². The maximum atomic E-state index is 12.6. The van der Waals surface area contributed by atoms with Crippen molar-refractivity contribution < 1.29 is 9.53 Å². The minimum absolute atomic E-state index is 0.206. The third kappa shape index (κ3) is 4.57. The fourth-order valence-corrected chi connectivity index (χ4v) is 3.11. The van der Waals surface area contributed by atoms with E-state index in [4.69, 9.17) is 27.9 Å². The Kier molecular flexibility index (Phi) is 5.82. The molecule has 3 rings (SSSR count). The van der Waals surface area contributed by atoms with E-state index >= 15 is 0 Å². The monoisotopic (exact) mass is 385 g/mol. The first kappa shape index (κ1) is 18.3. The first-order valence-corrected chi connectivity index (χ1v) is 8.87. The predicted molar refractivity (Wildman–Crippen MR) is 105 cm³/mol. The van der Waals surface area contributed by atoms with E-state index in [1.165, 1.54) is 0 Å². The molecule has 0 aliphatic rings. The summed E-state index contributed by atoms with van der Waals surface area (Å²) in [5.74, 6) is 1.11. The lowest BCUT2D eigenvalue weighted by molar-refractivity contribution is 0.0939. The summed E-state index contributed by atoms with van der Waals surface area (Å²) >= 11 is 12.1. The number of rotatable bonds is 5. The number of hydrogen-bond acceptors (Lipinski definition) is 2. The quantitative estimate of drug-likeness (QED) is 0.561. The number of amides is 1. The number of carbonyl (C=O) groups excluding carboxylic acids is 1. The molecule has 0 radical (unpaired) electrons. The highest BCUT2D eigenvalue weighted by molar-refractivity contribution is 6.35. The molecule has 1 N–H and O–H groups in total. The molecule has 1 atom stereocenters. The molecule has 0 bridgehead atoms. The molecule has 3 aromatic carbocycles. The Hall–Kier alpha value is -2.49. The van der Waals surface area contributed by atoms with Crippen LogP contribution in [0.2, 0.25) is 10.0 Å². The number of nitrogens with one attached hydrogen (secondary N) is 1. The second kappa shape index (κ2) is 8.26. The maximum Gasteiger partial charge on any atom is 0.251 e. The fourth-order valence-electron chi connectivity index (χ4n) is 2.54. The lowest BCUT2D eigenvalue weighted by atomic mass is 10.1. The molecule has 0 aliphatic heterocycles. The largest absolute Gasteiger partial charge is 0.457 e. The van der Waals surface area contributed by atoms with Crippen LogP contribution in [0.4, 0.5) is 0 Å². The summed E-state index contributed by atoms with van der Waals surface area (Å²) < 4.78 is 5.78. The summed E-state index contributed by atoms with van der Waals surface area (Å²) in [5.41, 5.74) is 1.32. The van der Waals surface area contributed by atoms with Gasteiger partial charge in [0.2, 0.25) is 0 Å². The lowest BCUT2D eigenvalue weighted by Gasteiger charge is -2.16. The van der Waals surface area contributed by atoms with Gasteiger partial charge >= 0.3 is 0 Å². The second-order valence-electron chi connectivity index (χ2n) is 5.80. The molecule has 0 saturated carbocycles. The molecule has 0 spiro atoms. The molecule has 0 unspecified atom stereocenters. The summed E-state index contributed by atoms with van der Waals surface area (Å²) in [4.78, 5) is 12.6. The zero-order valence-corrected chi connectivity index (χ0v) is 15.6.